The molecule has 0 aliphatic carbocycles. The van der Waals surface area contributed by atoms with Crippen LogP contribution in [-0.2, 0) is 17.1 Å². The first-order valence-electron chi connectivity index (χ1n) is 11.3. The Morgan fingerprint density at radius 1 is 1.27 bits per heavy atom. The van der Waals surface area contributed by atoms with Crippen molar-refractivity contribution in [3.05, 3.63) is 70.0 Å². The van der Waals surface area contributed by atoms with Crippen LogP contribution in [0.5, 0.6) is 0 Å². The number of thioether (sulfide) groups is 1. The van der Waals surface area contributed by atoms with E-state index >= 15 is 0 Å². The largest absolute Gasteiger partial charge is 0.355 e. The van der Waals surface area contributed by atoms with Crippen LogP contribution in [0.1, 0.15) is 29.9 Å². The van der Waals surface area contributed by atoms with Gasteiger partial charge in [0.2, 0.25) is 17.6 Å². The molecule has 1 amide bonds. The number of aryl methyl sites for hydroxylation is 1. The van der Waals surface area contributed by atoms with Crippen molar-refractivity contribution in [3.8, 4) is 11.4 Å². The number of amides is 1. The minimum Gasteiger partial charge on any atom is -0.355 e. The highest BCUT2D eigenvalue weighted by Crippen LogP contribution is 2.22. The van der Waals surface area contributed by atoms with E-state index in [9.17, 15) is 4.79 Å². The molecule has 0 saturated carbocycles. The average molecular weight is 530 g/mol. The van der Waals surface area contributed by atoms with Crippen LogP contribution in [0.15, 0.2) is 57.5 Å². The Kier molecular flexibility index (Phi) is 8.58. The van der Waals surface area contributed by atoms with E-state index < -0.39 is 0 Å². The molecule has 8 heteroatoms. The van der Waals surface area contributed by atoms with Gasteiger partial charge in [-0.05, 0) is 56.1 Å². The second-order valence-electron chi connectivity index (χ2n) is 8.43. The topological polar surface area (TPSA) is 71.3 Å². The fraction of sp³-hybridized carbons (Fsp3) is 0.400. The van der Waals surface area contributed by atoms with Crippen LogP contribution < -0.4 is 5.32 Å². The molecule has 4 rings (SSSR count). The number of piperidine rings is 1. The lowest BCUT2D eigenvalue weighted by Crippen LogP contribution is -2.43. The second kappa shape index (κ2) is 11.8. The third kappa shape index (κ3) is 7.16. The maximum atomic E-state index is 12.7. The number of nitrogens with one attached hydrogen (secondary N) is 1. The molecule has 1 aliphatic heterocycles. The van der Waals surface area contributed by atoms with Crippen LogP contribution in [0.25, 0.3) is 11.4 Å². The third-order valence-electron chi connectivity index (χ3n) is 5.70. The first kappa shape index (κ1) is 24.0. The van der Waals surface area contributed by atoms with Crippen LogP contribution in [-0.4, -0.2) is 46.3 Å². The molecule has 1 aromatic heterocycles. The summed E-state index contributed by atoms with van der Waals surface area (Å²) in [5.74, 6) is 3.22. The van der Waals surface area contributed by atoms with Crippen molar-refractivity contribution in [2.45, 2.75) is 32.1 Å². The second-order valence-corrected chi connectivity index (χ2v) is 10.4. The number of rotatable bonds is 9. The summed E-state index contributed by atoms with van der Waals surface area (Å²) in [6.45, 7) is 5.04. The summed E-state index contributed by atoms with van der Waals surface area (Å²) >= 11 is 5.29. The molecule has 1 saturated heterocycles. The standard InChI is InChI=1S/C25H29BrN4O2S/c1-18-4-2-5-19(14-18)17-33-13-11-27-25(31)21-6-3-12-30(15-21)16-23-28-24(29-32-23)20-7-9-22(26)10-8-20/h2,4-5,7-10,14,21H,3,6,11-13,15-17H2,1H3,(H,27,31). The Morgan fingerprint density at radius 3 is 2.94 bits per heavy atom. The molecule has 1 unspecified atom stereocenters. The van der Waals surface area contributed by atoms with Gasteiger partial charge in [0.15, 0.2) is 0 Å². The van der Waals surface area contributed by atoms with Crippen molar-refractivity contribution in [3.63, 3.8) is 0 Å². The normalized spacial score (nSPS) is 16.6. The molecule has 33 heavy (non-hydrogen) atoms. The maximum absolute atomic E-state index is 12.7. The summed E-state index contributed by atoms with van der Waals surface area (Å²) in [5.41, 5.74) is 3.54. The van der Waals surface area contributed by atoms with Gasteiger partial charge in [0.25, 0.3) is 0 Å². The molecule has 3 aromatic rings. The van der Waals surface area contributed by atoms with Crippen molar-refractivity contribution in [1.29, 1.82) is 0 Å². The zero-order valence-corrected chi connectivity index (χ0v) is 21.2. The Hall–Kier alpha value is -2.16. The van der Waals surface area contributed by atoms with E-state index in [1.807, 2.05) is 36.0 Å². The van der Waals surface area contributed by atoms with E-state index in [0.717, 1.165) is 47.5 Å². The predicted octanol–water partition coefficient (Wildman–Crippen LogP) is 5.07. The Balaban J connectivity index is 1.19. The maximum Gasteiger partial charge on any atom is 0.241 e. The first-order valence-corrected chi connectivity index (χ1v) is 13.2. The zero-order chi connectivity index (χ0) is 23.0. The van der Waals surface area contributed by atoms with Gasteiger partial charge in [-0.3, -0.25) is 9.69 Å². The van der Waals surface area contributed by atoms with Crippen molar-refractivity contribution in [2.24, 2.45) is 5.92 Å². The number of halogens is 1. The van der Waals surface area contributed by atoms with E-state index in [1.54, 1.807) is 0 Å². The Morgan fingerprint density at radius 2 is 2.12 bits per heavy atom. The van der Waals surface area contributed by atoms with Gasteiger partial charge in [-0.1, -0.05) is 50.9 Å². The van der Waals surface area contributed by atoms with E-state index in [1.165, 1.54) is 11.1 Å². The third-order valence-corrected chi connectivity index (χ3v) is 7.26. The summed E-state index contributed by atoms with van der Waals surface area (Å²) in [5, 5.41) is 7.23. The molecule has 1 N–H and O–H groups in total. The smallest absolute Gasteiger partial charge is 0.241 e. The van der Waals surface area contributed by atoms with Gasteiger partial charge in [0.1, 0.15) is 0 Å². The number of hydrogen-bond donors (Lipinski definition) is 1. The van der Waals surface area contributed by atoms with Gasteiger partial charge < -0.3 is 9.84 Å². The lowest BCUT2D eigenvalue weighted by molar-refractivity contribution is -0.126. The number of hydrogen-bond acceptors (Lipinski definition) is 6. The number of carbonyl (C=O) groups is 1. The van der Waals surface area contributed by atoms with Gasteiger partial charge in [0.05, 0.1) is 12.5 Å². The van der Waals surface area contributed by atoms with Crippen LogP contribution >= 0.6 is 27.7 Å². The summed E-state index contributed by atoms with van der Waals surface area (Å²) in [7, 11) is 0. The van der Waals surface area contributed by atoms with Crippen molar-refractivity contribution in [2.75, 3.05) is 25.4 Å². The molecular formula is C25H29BrN4O2S. The monoisotopic (exact) mass is 528 g/mol. The van der Waals surface area contributed by atoms with Gasteiger partial charge in [-0.2, -0.15) is 16.7 Å². The molecule has 1 fully saturated rings. The van der Waals surface area contributed by atoms with E-state index in [2.05, 4.69) is 67.5 Å². The molecule has 0 spiro atoms. The number of likely N-dealkylation sites (tertiary alicyclic amines) is 1. The van der Waals surface area contributed by atoms with Crippen LogP contribution in [0.2, 0.25) is 0 Å². The molecule has 0 radical (unpaired) electrons. The fourth-order valence-corrected chi connectivity index (χ4v) is 5.09. The molecule has 2 aromatic carbocycles. The molecule has 174 valence electrons. The Bertz CT molecular complexity index is 1060. The summed E-state index contributed by atoms with van der Waals surface area (Å²) < 4.78 is 6.48. The first-order chi connectivity index (χ1) is 16.1. The number of nitrogens with zero attached hydrogens (tertiary/aromatic N) is 3. The van der Waals surface area contributed by atoms with Crippen molar-refractivity contribution >= 4 is 33.6 Å². The highest BCUT2D eigenvalue weighted by Gasteiger charge is 2.26. The molecule has 6 nitrogen and oxygen atoms in total. The molecular weight excluding hydrogens is 500 g/mol. The highest BCUT2D eigenvalue weighted by molar-refractivity contribution is 9.10. The van der Waals surface area contributed by atoms with Gasteiger partial charge in [0, 0.05) is 34.6 Å². The number of benzene rings is 2. The van der Waals surface area contributed by atoms with Gasteiger partial charge in [-0.15, -0.1) is 0 Å². The van der Waals surface area contributed by atoms with E-state index in [4.69, 9.17) is 4.52 Å². The minimum atomic E-state index is 0.00869. The van der Waals surface area contributed by atoms with Crippen LogP contribution in [0, 0.1) is 12.8 Å². The summed E-state index contributed by atoms with van der Waals surface area (Å²) in [6.07, 6.45) is 1.92. The van der Waals surface area contributed by atoms with E-state index in [-0.39, 0.29) is 11.8 Å². The average Bonchev–Trinajstić information content (AvgIpc) is 3.28. The van der Waals surface area contributed by atoms with Crippen molar-refractivity contribution in [1.82, 2.24) is 20.4 Å². The van der Waals surface area contributed by atoms with Crippen LogP contribution in [0.4, 0.5) is 0 Å². The highest BCUT2D eigenvalue weighted by atomic mass is 79.9. The zero-order valence-electron chi connectivity index (χ0n) is 18.8. The predicted molar refractivity (Wildman–Crippen MR) is 136 cm³/mol. The lowest BCUT2D eigenvalue weighted by Gasteiger charge is -2.30. The van der Waals surface area contributed by atoms with Crippen LogP contribution in [0.3, 0.4) is 0 Å². The Labute approximate surface area is 207 Å². The fourth-order valence-electron chi connectivity index (χ4n) is 4.02. The summed E-state index contributed by atoms with van der Waals surface area (Å²) in [4.78, 5) is 19.5. The number of aromatic nitrogens is 2. The van der Waals surface area contributed by atoms with Gasteiger partial charge >= 0.3 is 0 Å². The summed E-state index contributed by atoms with van der Waals surface area (Å²) in [6, 6.07) is 16.4. The molecule has 1 atom stereocenters. The van der Waals surface area contributed by atoms with Crippen molar-refractivity contribution < 1.29 is 9.32 Å². The lowest BCUT2D eigenvalue weighted by atomic mass is 9.97. The number of carbonyl (C=O) groups excluding carboxylic acids is 1. The van der Waals surface area contributed by atoms with E-state index in [0.29, 0.717) is 24.8 Å². The minimum absolute atomic E-state index is 0.00869. The quantitative estimate of drug-likeness (QED) is 0.391. The van der Waals surface area contributed by atoms with Gasteiger partial charge in [-0.25, -0.2) is 0 Å². The molecule has 1 aliphatic rings. The SMILES string of the molecule is Cc1cccc(CSCCNC(=O)C2CCCN(Cc3nc(-c4ccc(Br)cc4)no3)C2)c1. The molecule has 2 heterocycles. The molecule has 0 bridgehead atoms.